The first-order valence-electron chi connectivity index (χ1n) is 4.24. The van der Waals surface area contributed by atoms with Crippen LogP contribution in [0.15, 0.2) is 24.3 Å². The predicted molar refractivity (Wildman–Crippen MR) is 51.9 cm³/mol. The molecule has 0 aliphatic carbocycles. The van der Waals surface area contributed by atoms with E-state index in [2.05, 4.69) is 6.92 Å². The van der Waals surface area contributed by atoms with Crippen LogP contribution < -0.4 is 4.74 Å². The van der Waals surface area contributed by atoms with Crippen molar-refractivity contribution in [2.24, 2.45) is 0 Å². The van der Waals surface area contributed by atoms with Crippen LogP contribution in [0.4, 0.5) is 0 Å². The molecule has 0 N–H and O–H groups in total. The number of benzene rings is 1. The van der Waals surface area contributed by atoms with Crippen molar-refractivity contribution >= 4 is 5.78 Å². The Morgan fingerprint density at radius 3 is 2.46 bits per heavy atom. The number of ether oxygens (including phenoxy) is 1. The van der Waals surface area contributed by atoms with Crippen LogP contribution in [0.3, 0.4) is 0 Å². The fourth-order valence-electron chi connectivity index (χ4n) is 1.08. The van der Waals surface area contributed by atoms with E-state index in [4.69, 9.17) is 4.74 Å². The van der Waals surface area contributed by atoms with Gasteiger partial charge in [0.2, 0.25) is 0 Å². The molecular formula is C11H13O2. The van der Waals surface area contributed by atoms with Crippen molar-refractivity contribution in [1.82, 2.24) is 0 Å². The van der Waals surface area contributed by atoms with E-state index in [9.17, 15) is 4.79 Å². The summed E-state index contributed by atoms with van der Waals surface area (Å²) in [7, 11) is 1.60. The Labute approximate surface area is 78.5 Å². The number of methoxy groups -OCH3 is 1. The first-order valence-corrected chi connectivity index (χ1v) is 4.24. The Morgan fingerprint density at radius 2 is 2.00 bits per heavy atom. The molecule has 0 aliphatic heterocycles. The smallest absolute Gasteiger partial charge is 0.162 e. The van der Waals surface area contributed by atoms with Gasteiger partial charge in [0.15, 0.2) is 5.78 Å². The molecule has 13 heavy (non-hydrogen) atoms. The van der Waals surface area contributed by atoms with E-state index in [0.29, 0.717) is 12.8 Å². The summed E-state index contributed by atoms with van der Waals surface area (Å²) in [6, 6.07) is 7.13. The lowest BCUT2D eigenvalue weighted by Gasteiger charge is -2.01. The van der Waals surface area contributed by atoms with Crippen LogP contribution in [0.2, 0.25) is 0 Å². The lowest BCUT2D eigenvalue weighted by Crippen LogP contribution is -1.97. The van der Waals surface area contributed by atoms with E-state index in [1.807, 2.05) is 0 Å². The van der Waals surface area contributed by atoms with Gasteiger partial charge in [0.1, 0.15) is 5.75 Å². The van der Waals surface area contributed by atoms with Crippen molar-refractivity contribution in [3.63, 3.8) is 0 Å². The molecule has 0 bridgehead atoms. The van der Waals surface area contributed by atoms with E-state index < -0.39 is 0 Å². The molecule has 1 aromatic rings. The van der Waals surface area contributed by atoms with Crippen molar-refractivity contribution in [3.05, 3.63) is 36.8 Å². The van der Waals surface area contributed by atoms with Crippen LogP contribution in [0.25, 0.3) is 0 Å². The number of carbonyl (C=O) groups excluding carboxylic acids is 1. The number of carbonyl (C=O) groups is 1. The topological polar surface area (TPSA) is 26.3 Å². The van der Waals surface area contributed by atoms with Gasteiger partial charge in [-0.3, -0.25) is 4.79 Å². The van der Waals surface area contributed by atoms with Crippen LogP contribution in [-0.2, 0) is 0 Å². The second-order valence-corrected chi connectivity index (χ2v) is 2.76. The highest BCUT2D eigenvalue weighted by Gasteiger charge is 2.03. The summed E-state index contributed by atoms with van der Waals surface area (Å²) in [5.41, 5.74) is 0.726. The van der Waals surface area contributed by atoms with Crippen molar-refractivity contribution < 1.29 is 9.53 Å². The van der Waals surface area contributed by atoms with E-state index in [-0.39, 0.29) is 5.78 Å². The number of rotatable bonds is 4. The van der Waals surface area contributed by atoms with Gasteiger partial charge in [0.25, 0.3) is 0 Å². The highest BCUT2D eigenvalue weighted by molar-refractivity contribution is 5.96. The molecule has 1 aromatic carbocycles. The summed E-state index contributed by atoms with van der Waals surface area (Å²) in [6.07, 6.45) is 1.15. The van der Waals surface area contributed by atoms with Gasteiger partial charge < -0.3 is 4.74 Å². The Kier molecular flexibility index (Phi) is 3.50. The maximum atomic E-state index is 11.4. The minimum atomic E-state index is 0.137. The van der Waals surface area contributed by atoms with Crippen LogP contribution in [-0.4, -0.2) is 12.9 Å². The molecule has 0 spiro atoms. The molecule has 1 rings (SSSR count). The van der Waals surface area contributed by atoms with E-state index in [1.54, 1.807) is 31.4 Å². The zero-order valence-corrected chi connectivity index (χ0v) is 7.75. The molecule has 0 unspecified atom stereocenters. The highest BCUT2D eigenvalue weighted by atomic mass is 16.5. The van der Waals surface area contributed by atoms with Crippen molar-refractivity contribution in [1.29, 1.82) is 0 Å². The molecule has 0 heterocycles. The molecule has 0 aliphatic rings. The Hall–Kier alpha value is -1.31. The molecule has 0 amide bonds. The fourth-order valence-corrected chi connectivity index (χ4v) is 1.08. The molecule has 0 fully saturated rings. The summed E-state index contributed by atoms with van der Waals surface area (Å²) in [5.74, 6) is 0.906. The quantitative estimate of drug-likeness (QED) is 0.660. The molecule has 0 saturated carbocycles. The maximum absolute atomic E-state index is 11.4. The summed E-state index contributed by atoms with van der Waals surface area (Å²) >= 11 is 0. The van der Waals surface area contributed by atoms with Gasteiger partial charge in [-0.2, -0.15) is 0 Å². The molecule has 2 nitrogen and oxygen atoms in total. The second-order valence-electron chi connectivity index (χ2n) is 2.76. The van der Waals surface area contributed by atoms with E-state index in [0.717, 1.165) is 11.3 Å². The molecule has 69 valence electrons. The normalized spacial score (nSPS) is 9.69. The predicted octanol–water partition coefficient (Wildman–Crippen LogP) is 2.49. The van der Waals surface area contributed by atoms with Gasteiger partial charge in [-0.25, -0.2) is 0 Å². The zero-order chi connectivity index (χ0) is 9.68. The van der Waals surface area contributed by atoms with Gasteiger partial charge in [0, 0.05) is 12.0 Å². The highest BCUT2D eigenvalue weighted by Crippen LogP contribution is 2.12. The average molecular weight is 177 g/mol. The average Bonchev–Trinajstić information content (AvgIpc) is 2.18. The van der Waals surface area contributed by atoms with Gasteiger partial charge in [-0.15, -0.1) is 0 Å². The molecular weight excluding hydrogens is 164 g/mol. The standard InChI is InChI=1S/C11H13O2/c1-3-4-11(12)9-5-7-10(13-2)8-6-9/h5-8H,1,3-4H2,2H3. The molecule has 2 heteroatoms. The van der Waals surface area contributed by atoms with Gasteiger partial charge >= 0.3 is 0 Å². The summed E-state index contributed by atoms with van der Waals surface area (Å²) in [5, 5.41) is 0. The van der Waals surface area contributed by atoms with Gasteiger partial charge in [0.05, 0.1) is 7.11 Å². The zero-order valence-electron chi connectivity index (χ0n) is 7.75. The molecule has 0 aromatic heterocycles. The largest absolute Gasteiger partial charge is 0.497 e. The summed E-state index contributed by atoms with van der Waals surface area (Å²) in [6.45, 7) is 3.64. The number of ketones is 1. The lowest BCUT2D eigenvalue weighted by molar-refractivity contribution is 0.0983. The first-order chi connectivity index (χ1) is 6.27. The summed E-state index contributed by atoms with van der Waals surface area (Å²) in [4.78, 5) is 11.4. The number of hydrogen-bond acceptors (Lipinski definition) is 2. The van der Waals surface area contributed by atoms with Crippen LogP contribution in [0.1, 0.15) is 23.2 Å². The molecule has 0 atom stereocenters. The fraction of sp³-hybridized carbons (Fsp3) is 0.273. The monoisotopic (exact) mass is 177 g/mol. The SMILES string of the molecule is [CH2]CCC(=O)c1ccc(OC)cc1. The van der Waals surface area contributed by atoms with Crippen molar-refractivity contribution in [2.45, 2.75) is 12.8 Å². The maximum Gasteiger partial charge on any atom is 0.162 e. The van der Waals surface area contributed by atoms with E-state index >= 15 is 0 Å². The second kappa shape index (κ2) is 4.65. The van der Waals surface area contributed by atoms with Gasteiger partial charge in [-0.05, 0) is 30.7 Å². The Morgan fingerprint density at radius 1 is 1.38 bits per heavy atom. The lowest BCUT2D eigenvalue weighted by atomic mass is 10.1. The Balaban J connectivity index is 2.74. The number of Topliss-reactive ketones (excluding diaryl/α,β-unsaturated/α-hetero) is 1. The van der Waals surface area contributed by atoms with Crippen molar-refractivity contribution in [3.8, 4) is 5.75 Å². The Bertz CT molecular complexity index is 275. The summed E-state index contributed by atoms with van der Waals surface area (Å²) < 4.78 is 4.99. The van der Waals surface area contributed by atoms with Gasteiger partial charge in [-0.1, -0.05) is 6.92 Å². The van der Waals surface area contributed by atoms with Crippen LogP contribution >= 0.6 is 0 Å². The third kappa shape index (κ3) is 2.58. The first kappa shape index (κ1) is 9.78. The van der Waals surface area contributed by atoms with Crippen LogP contribution in [0.5, 0.6) is 5.75 Å². The van der Waals surface area contributed by atoms with E-state index in [1.165, 1.54) is 0 Å². The third-order valence-corrected chi connectivity index (χ3v) is 1.82. The van der Waals surface area contributed by atoms with Crippen molar-refractivity contribution in [2.75, 3.05) is 7.11 Å². The molecule has 1 radical (unpaired) electrons. The minimum Gasteiger partial charge on any atom is -0.497 e. The third-order valence-electron chi connectivity index (χ3n) is 1.82. The van der Waals surface area contributed by atoms with Crippen LogP contribution in [0, 0.1) is 6.92 Å². The minimum absolute atomic E-state index is 0.137. The molecule has 0 saturated heterocycles. The number of hydrogen-bond donors (Lipinski definition) is 0.